The highest BCUT2D eigenvalue weighted by atomic mass is 35.5. The minimum Gasteiger partial charge on any atom is -0.396 e. The van der Waals surface area contributed by atoms with Crippen LogP contribution in [-0.2, 0) is 0 Å². The molecule has 0 aliphatic heterocycles. The molecule has 0 heterocycles. The first kappa shape index (κ1) is 13.7. The summed E-state index contributed by atoms with van der Waals surface area (Å²) in [6.45, 7) is -0.743. The van der Waals surface area contributed by atoms with Crippen LogP contribution in [0.4, 0.5) is 13.2 Å². The molecule has 6 heteroatoms. The van der Waals surface area contributed by atoms with E-state index in [0.717, 1.165) is 0 Å². The molecule has 0 unspecified atom stereocenters. The highest BCUT2D eigenvalue weighted by Gasteiger charge is 2.29. The molecular weight excluding hydrogens is 219 g/mol. The third-order valence-electron chi connectivity index (χ3n) is 1.49. The molecule has 2 nitrogen and oxygen atoms in total. The van der Waals surface area contributed by atoms with Gasteiger partial charge >= 0.3 is 6.18 Å². The Morgan fingerprint density at radius 2 is 2.00 bits per heavy atom. The molecule has 0 fully saturated rings. The van der Waals surface area contributed by atoms with Crippen LogP contribution in [0.1, 0.15) is 6.42 Å². The van der Waals surface area contributed by atoms with Gasteiger partial charge in [0, 0.05) is 25.2 Å². The normalized spacial score (nSPS) is 13.0. The van der Waals surface area contributed by atoms with E-state index in [4.69, 9.17) is 16.7 Å². The molecule has 0 aliphatic rings. The van der Waals surface area contributed by atoms with Crippen LogP contribution in [0, 0.1) is 0 Å². The van der Waals surface area contributed by atoms with Gasteiger partial charge in [-0.1, -0.05) is 17.7 Å². The first-order chi connectivity index (χ1) is 6.49. The summed E-state index contributed by atoms with van der Waals surface area (Å²) in [6.07, 6.45) is -2.45. The molecule has 0 aliphatic carbocycles. The first-order valence-corrected chi connectivity index (χ1v) is 4.58. The van der Waals surface area contributed by atoms with Crippen molar-refractivity contribution >= 4 is 11.6 Å². The third-order valence-corrected chi connectivity index (χ3v) is 1.67. The minimum absolute atomic E-state index is 0.112. The predicted molar refractivity (Wildman–Crippen MR) is 49.2 cm³/mol. The highest BCUT2D eigenvalue weighted by molar-refractivity contribution is 6.25. The summed E-state index contributed by atoms with van der Waals surface area (Å²) in [6, 6.07) is 0. The van der Waals surface area contributed by atoms with E-state index < -0.39 is 12.7 Å². The van der Waals surface area contributed by atoms with Crippen molar-refractivity contribution in [2.45, 2.75) is 12.6 Å². The second-order valence-electron chi connectivity index (χ2n) is 2.79. The zero-order valence-electron chi connectivity index (χ0n) is 7.60. The van der Waals surface area contributed by atoms with Gasteiger partial charge in [-0.05, 0) is 6.42 Å². The zero-order valence-corrected chi connectivity index (χ0v) is 8.35. The van der Waals surface area contributed by atoms with Gasteiger partial charge in [0.15, 0.2) is 0 Å². The Balaban J connectivity index is 3.96. The third kappa shape index (κ3) is 8.34. The quantitative estimate of drug-likeness (QED) is 0.756. The molecule has 0 aromatic rings. The van der Waals surface area contributed by atoms with Crippen molar-refractivity contribution in [1.29, 1.82) is 0 Å². The largest absolute Gasteiger partial charge is 0.401 e. The Hall–Kier alpha value is -0.260. The summed E-state index contributed by atoms with van der Waals surface area (Å²) in [7, 11) is 0. The number of hydrogen-bond donors (Lipinski definition) is 1. The molecule has 0 radical (unpaired) electrons. The summed E-state index contributed by atoms with van der Waals surface area (Å²) >= 11 is 5.21. The van der Waals surface area contributed by atoms with Crippen LogP contribution in [0.25, 0.3) is 0 Å². The molecule has 0 rings (SSSR count). The van der Waals surface area contributed by atoms with E-state index in [-0.39, 0.29) is 19.7 Å². The fourth-order valence-electron chi connectivity index (χ4n) is 0.972. The lowest BCUT2D eigenvalue weighted by atomic mass is 10.3. The van der Waals surface area contributed by atoms with Crippen LogP contribution in [0.5, 0.6) is 0 Å². The number of hydrogen-bond acceptors (Lipinski definition) is 2. The Morgan fingerprint density at radius 1 is 1.36 bits per heavy atom. The maximum absolute atomic E-state index is 12.0. The molecule has 0 spiro atoms. The zero-order chi connectivity index (χ0) is 11.0. The Morgan fingerprint density at radius 3 is 2.43 bits per heavy atom. The van der Waals surface area contributed by atoms with E-state index >= 15 is 0 Å². The molecule has 14 heavy (non-hydrogen) atoms. The lowest BCUT2D eigenvalue weighted by molar-refractivity contribution is -0.145. The van der Waals surface area contributed by atoms with Gasteiger partial charge < -0.3 is 5.11 Å². The monoisotopic (exact) mass is 231 g/mol. The number of alkyl halides is 3. The van der Waals surface area contributed by atoms with Gasteiger partial charge in [0.25, 0.3) is 0 Å². The second kappa shape index (κ2) is 7.09. The van der Waals surface area contributed by atoms with E-state index in [2.05, 4.69) is 0 Å². The molecule has 0 saturated heterocycles. The average molecular weight is 232 g/mol. The average Bonchev–Trinajstić information content (AvgIpc) is 2.07. The second-order valence-corrected chi connectivity index (χ2v) is 3.04. The molecule has 0 bridgehead atoms. The van der Waals surface area contributed by atoms with Crippen LogP contribution in [0.2, 0.25) is 0 Å². The fourth-order valence-corrected chi connectivity index (χ4v) is 1.05. The molecule has 84 valence electrons. The van der Waals surface area contributed by atoms with Crippen molar-refractivity contribution in [3.05, 3.63) is 11.6 Å². The molecule has 0 aromatic carbocycles. The van der Waals surface area contributed by atoms with Crippen molar-refractivity contribution in [3.8, 4) is 0 Å². The van der Waals surface area contributed by atoms with Crippen molar-refractivity contribution in [2.24, 2.45) is 0 Å². The maximum atomic E-state index is 12.0. The number of halogens is 4. The summed E-state index contributed by atoms with van der Waals surface area (Å²) in [5.41, 5.74) is 1.18. The molecule has 0 atom stereocenters. The lowest BCUT2D eigenvalue weighted by Gasteiger charge is -2.21. The topological polar surface area (TPSA) is 23.5 Å². The lowest BCUT2D eigenvalue weighted by Crippen LogP contribution is -2.35. The summed E-state index contributed by atoms with van der Waals surface area (Å²) in [4.78, 5) is 1.18. The van der Waals surface area contributed by atoms with Gasteiger partial charge in [-0.2, -0.15) is 13.2 Å². The van der Waals surface area contributed by atoms with E-state index in [1.54, 1.807) is 0 Å². The van der Waals surface area contributed by atoms with E-state index in [1.165, 1.54) is 16.5 Å². The SMILES string of the molecule is OCCCN(CC=CCl)CC(F)(F)F. The van der Waals surface area contributed by atoms with Crippen LogP contribution < -0.4 is 0 Å². The van der Waals surface area contributed by atoms with E-state index in [0.29, 0.717) is 6.42 Å². The van der Waals surface area contributed by atoms with Crippen molar-refractivity contribution in [1.82, 2.24) is 4.90 Å². The Bertz CT molecular complexity index is 172. The Kier molecular flexibility index (Phi) is 6.96. The van der Waals surface area contributed by atoms with Crippen LogP contribution in [0.3, 0.4) is 0 Å². The van der Waals surface area contributed by atoms with E-state index in [9.17, 15) is 13.2 Å². The molecule has 0 aromatic heterocycles. The van der Waals surface area contributed by atoms with Gasteiger partial charge in [-0.3, -0.25) is 4.90 Å². The predicted octanol–water partition coefficient (Wildman–Crippen LogP) is 1.99. The van der Waals surface area contributed by atoms with Gasteiger partial charge in [0.1, 0.15) is 0 Å². The van der Waals surface area contributed by atoms with Crippen molar-refractivity contribution in [2.75, 3.05) is 26.2 Å². The molecule has 1 N–H and O–H groups in total. The van der Waals surface area contributed by atoms with E-state index in [1.807, 2.05) is 0 Å². The van der Waals surface area contributed by atoms with Crippen LogP contribution >= 0.6 is 11.6 Å². The number of nitrogens with zero attached hydrogens (tertiary/aromatic N) is 1. The Labute approximate surface area is 86.0 Å². The van der Waals surface area contributed by atoms with Crippen molar-refractivity contribution < 1.29 is 18.3 Å². The molecule has 0 amide bonds. The van der Waals surface area contributed by atoms with Gasteiger partial charge in [0.05, 0.1) is 6.54 Å². The standard InChI is InChI=1S/C8H13ClF3NO/c9-3-1-4-13(5-2-6-14)7-8(10,11)12/h1,3,14H,2,4-7H2. The van der Waals surface area contributed by atoms with Gasteiger partial charge in [-0.25, -0.2) is 0 Å². The summed E-state index contributed by atoms with van der Waals surface area (Å²) < 4.78 is 36.0. The smallest absolute Gasteiger partial charge is 0.396 e. The van der Waals surface area contributed by atoms with Gasteiger partial charge in [0.2, 0.25) is 0 Å². The summed E-state index contributed by atoms with van der Waals surface area (Å²) in [5.74, 6) is 0. The number of aliphatic hydroxyl groups excluding tert-OH is 1. The fraction of sp³-hybridized carbons (Fsp3) is 0.750. The van der Waals surface area contributed by atoms with Crippen LogP contribution in [0.15, 0.2) is 11.6 Å². The first-order valence-electron chi connectivity index (χ1n) is 4.15. The molecule has 0 saturated carbocycles. The van der Waals surface area contributed by atoms with Crippen LogP contribution in [-0.4, -0.2) is 42.4 Å². The highest BCUT2D eigenvalue weighted by Crippen LogP contribution is 2.16. The van der Waals surface area contributed by atoms with Gasteiger partial charge in [-0.15, -0.1) is 0 Å². The number of rotatable bonds is 6. The van der Waals surface area contributed by atoms with Crippen molar-refractivity contribution in [3.63, 3.8) is 0 Å². The summed E-state index contributed by atoms with van der Waals surface area (Å²) in [5, 5.41) is 8.49. The minimum atomic E-state index is -4.21. The molecular formula is C8H13ClF3NO. The number of aliphatic hydroxyl groups is 1. The maximum Gasteiger partial charge on any atom is 0.401 e.